The molecule has 0 aromatic heterocycles. The number of hydrogen-bond acceptors (Lipinski definition) is 4. The Balaban J connectivity index is 2.27. The fourth-order valence-corrected chi connectivity index (χ4v) is 2.11. The molecule has 1 saturated heterocycles. The van der Waals surface area contributed by atoms with Crippen molar-refractivity contribution in [2.24, 2.45) is 0 Å². The second-order valence-electron chi connectivity index (χ2n) is 4.36. The Bertz CT molecular complexity index is 201. The lowest BCUT2D eigenvalue weighted by molar-refractivity contribution is -0.118. The maximum absolute atomic E-state index is 11.0. The molecule has 4 heteroatoms. The van der Waals surface area contributed by atoms with Gasteiger partial charge in [0.15, 0.2) is 0 Å². The van der Waals surface area contributed by atoms with Crippen LogP contribution in [0.2, 0.25) is 0 Å². The minimum Gasteiger partial charge on any atom is -0.395 e. The standard InChI is InChI=1S/C11H22N2O2/c1-10(9-11(2)15)13-5-3-12(4-6-13)7-8-14/h10,14H,3-9H2,1-2H3. The molecule has 1 unspecified atom stereocenters. The van der Waals surface area contributed by atoms with Crippen LogP contribution in [0, 0.1) is 0 Å². The highest BCUT2D eigenvalue weighted by atomic mass is 16.3. The van der Waals surface area contributed by atoms with Crippen molar-refractivity contribution >= 4 is 5.78 Å². The highest BCUT2D eigenvalue weighted by molar-refractivity contribution is 5.76. The van der Waals surface area contributed by atoms with Crippen LogP contribution in [0.1, 0.15) is 20.3 Å². The second kappa shape index (κ2) is 6.20. The zero-order valence-corrected chi connectivity index (χ0v) is 9.78. The predicted octanol–water partition coefficient (Wildman–Crippen LogP) is -0.0361. The number of aliphatic hydroxyl groups excluding tert-OH is 1. The highest BCUT2D eigenvalue weighted by Crippen LogP contribution is 2.08. The van der Waals surface area contributed by atoms with Gasteiger partial charge in [-0.15, -0.1) is 0 Å². The molecule has 4 nitrogen and oxygen atoms in total. The summed E-state index contributed by atoms with van der Waals surface area (Å²) in [6.45, 7) is 8.80. The lowest BCUT2D eigenvalue weighted by Gasteiger charge is -2.37. The molecule has 88 valence electrons. The van der Waals surface area contributed by atoms with Crippen molar-refractivity contribution in [3.05, 3.63) is 0 Å². The maximum atomic E-state index is 11.0. The SMILES string of the molecule is CC(=O)CC(C)N1CCN(CCO)CC1. The van der Waals surface area contributed by atoms with E-state index >= 15 is 0 Å². The van der Waals surface area contributed by atoms with Crippen molar-refractivity contribution in [2.75, 3.05) is 39.3 Å². The summed E-state index contributed by atoms with van der Waals surface area (Å²) in [4.78, 5) is 15.6. The summed E-state index contributed by atoms with van der Waals surface area (Å²) in [6.07, 6.45) is 0.653. The first-order valence-electron chi connectivity index (χ1n) is 5.70. The minimum absolute atomic E-state index is 0.239. The zero-order valence-electron chi connectivity index (χ0n) is 9.78. The Morgan fingerprint density at radius 3 is 2.40 bits per heavy atom. The molecule has 1 heterocycles. The molecule has 15 heavy (non-hydrogen) atoms. The lowest BCUT2D eigenvalue weighted by atomic mass is 10.1. The predicted molar refractivity (Wildman–Crippen MR) is 59.9 cm³/mol. The molecule has 1 N–H and O–H groups in total. The van der Waals surface area contributed by atoms with Crippen molar-refractivity contribution in [1.29, 1.82) is 0 Å². The van der Waals surface area contributed by atoms with Crippen LogP contribution in [-0.4, -0.2) is 66.1 Å². The third-order valence-electron chi connectivity index (χ3n) is 3.03. The zero-order chi connectivity index (χ0) is 11.3. The molecule has 0 aliphatic carbocycles. The maximum Gasteiger partial charge on any atom is 0.131 e. The van der Waals surface area contributed by atoms with Crippen LogP contribution in [0.25, 0.3) is 0 Å². The minimum atomic E-state index is 0.239. The van der Waals surface area contributed by atoms with Gasteiger partial charge in [-0.2, -0.15) is 0 Å². The van der Waals surface area contributed by atoms with E-state index in [1.165, 1.54) is 0 Å². The van der Waals surface area contributed by atoms with Crippen LogP contribution in [0.4, 0.5) is 0 Å². The molecule has 0 aromatic rings. The van der Waals surface area contributed by atoms with Gasteiger partial charge in [0.25, 0.3) is 0 Å². The Hall–Kier alpha value is -0.450. The van der Waals surface area contributed by atoms with Crippen molar-refractivity contribution < 1.29 is 9.90 Å². The largest absolute Gasteiger partial charge is 0.395 e. The van der Waals surface area contributed by atoms with Crippen LogP contribution in [0.15, 0.2) is 0 Å². The lowest BCUT2D eigenvalue weighted by Crippen LogP contribution is -2.50. The van der Waals surface area contributed by atoms with E-state index in [-0.39, 0.29) is 12.4 Å². The summed E-state index contributed by atoms with van der Waals surface area (Å²) in [6, 6.07) is 0.360. The number of piperazine rings is 1. The molecule has 0 radical (unpaired) electrons. The number of carbonyl (C=O) groups excluding carboxylic acids is 1. The van der Waals surface area contributed by atoms with Gasteiger partial charge in [-0.3, -0.25) is 14.6 Å². The Morgan fingerprint density at radius 2 is 1.93 bits per heavy atom. The number of aliphatic hydroxyl groups is 1. The van der Waals surface area contributed by atoms with E-state index in [9.17, 15) is 4.79 Å². The van der Waals surface area contributed by atoms with Crippen molar-refractivity contribution in [1.82, 2.24) is 9.80 Å². The van der Waals surface area contributed by atoms with E-state index in [0.717, 1.165) is 32.7 Å². The third-order valence-corrected chi connectivity index (χ3v) is 3.03. The molecule has 1 rings (SSSR count). The molecular weight excluding hydrogens is 192 g/mol. The molecule has 1 aliphatic rings. The number of rotatable bonds is 5. The fourth-order valence-electron chi connectivity index (χ4n) is 2.11. The van der Waals surface area contributed by atoms with E-state index < -0.39 is 0 Å². The molecule has 1 aliphatic heterocycles. The van der Waals surface area contributed by atoms with Gasteiger partial charge in [0.05, 0.1) is 6.61 Å². The second-order valence-corrected chi connectivity index (χ2v) is 4.36. The fraction of sp³-hybridized carbons (Fsp3) is 0.909. The van der Waals surface area contributed by atoms with Gasteiger partial charge in [0.1, 0.15) is 5.78 Å². The van der Waals surface area contributed by atoms with Gasteiger partial charge in [-0.05, 0) is 13.8 Å². The van der Waals surface area contributed by atoms with Gasteiger partial charge in [0.2, 0.25) is 0 Å². The first kappa shape index (κ1) is 12.6. The average molecular weight is 214 g/mol. The monoisotopic (exact) mass is 214 g/mol. The first-order valence-corrected chi connectivity index (χ1v) is 5.70. The Morgan fingerprint density at radius 1 is 1.33 bits per heavy atom. The Labute approximate surface area is 91.9 Å². The van der Waals surface area contributed by atoms with E-state index in [1.54, 1.807) is 6.92 Å². The summed E-state index contributed by atoms with van der Waals surface area (Å²) in [5, 5.41) is 8.81. The van der Waals surface area contributed by atoms with Crippen LogP contribution >= 0.6 is 0 Å². The third kappa shape index (κ3) is 4.28. The molecular formula is C11H22N2O2. The molecule has 0 bridgehead atoms. The summed E-state index contributed by atoms with van der Waals surface area (Å²) in [7, 11) is 0. The van der Waals surface area contributed by atoms with E-state index in [4.69, 9.17) is 5.11 Å². The summed E-state index contributed by atoms with van der Waals surface area (Å²) >= 11 is 0. The van der Waals surface area contributed by atoms with Gasteiger partial charge < -0.3 is 5.11 Å². The van der Waals surface area contributed by atoms with Crippen LogP contribution < -0.4 is 0 Å². The Kier molecular flexibility index (Phi) is 5.22. The quantitative estimate of drug-likeness (QED) is 0.697. The number of β-amino-alcohol motifs (C(OH)–C–C–N with tert-alkyl or cyclic N) is 1. The van der Waals surface area contributed by atoms with Gasteiger partial charge in [0, 0.05) is 45.2 Å². The van der Waals surface area contributed by atoms with Gasteiger partial charge in [-0.1, -0.05) is 0 Å². The topological polar surface area (TPSA) is 43.8 Å². The molecule has 1 atom stereocenters. The number of ketones is 1. The summed E-state index contributed by atoms with van der Waals surface area (Å²) < 4.78 is 0. The molecule has 0 aromatic carbocycles. The van der Waals surface area contributed by atoms with Crippen molar-refractivity contribution in [2.45, 2.75) is 26.3 Å². The normalized spacial score (nSPS) is 21.5. The van der Waals surface area contributed by atoms with E-state index in [0.29, 0.717) is 12.5 Å². The van der Waals surface area contributed by atoms with Crippen molar-refractivity contribution in [3.63, 3.8) is 0 Å². The molecule has 0 saturated carbocycles. The summed E-state index contributed by atoms with van der Waals surface area (Å²) in [5.74, 6) is 0.264. The van der Waals surface area contributed by atoms with Gasteiger partial charge in [-0.25, -0.2) is 0 Å². The van der Waals surface area contributed by atoms with Crippen LogP contribution in [-0.2, 0) is 4.79 Å². The number of carbonyl (C=O) groups is 1. The van der Waals surface area contributed by atoms with Gasteiger partial charge >= 0.3 is 0 Å². The highest BCUT2D eigenvalue weighted by Gasteiger charge is 2.21. The number of Topliss-reactive ketones (excluding diaryl/α,β-unsaturated/α-hetero) is 1. The van der Waals surface area contributed by atoms with Crippen LogP contribution in [0.3, 0.4) is 0 Å². The average Bonchev–Trinajstić information content (AvgIpc) is 2.18. The van der Waals surface area contributed by atoms with E-state index in [1.807, 2.05) is 0 Å². The molecule has 0 amide bonds. The first-order chi connectivity index (χ1) is 7.13. The van der Waals surface area contributed by atoms with E-state index in [2.05, 4.69) is 16.7 Å². The number of nitrogens with zero attached hydrogens (tertiary/aromatic N) is 2. The molecule has 0 spiro atoms. The molecule has 1 fully saturated rings. The number of hydrogen-bond donors (Lipinski definition) is 1. The van der Waals surface area contributed by atoms with Crippen molar-refractivity contribution in [3.8, 4) is 0 Å². The smallest absolute Gasteiger partial charge is 0.131 e. The van der Waals surface area contributed by atoms with Crippen LogP contribution in [0.5, 0.6) is 0 Å². The summed E-state index contributed by atoms with van der Waals surface area (Å²) in [5.41, 5.74) is 0.